The molecule has 1 saturated heterocycles. The van der Waals surface area contributed by atoms with Gasteiger partial charge < -0.3 is 30.1 Å². The molecule has 2 amide bonds. The molecule has 10 heteroatoms. The van der Waals surface area contributed by atoms with Crippen LogP contribution >= 0.6 is 0 Å². The van der Waals surface area contributed by atoms with Crippen LogP contribution in [0.5, 0.6) is 0 Å². The van der Waals surface area contributed by atoms with E-state index in [1.54, 1.807) is 4.90 Å². The number of nitrogens with zero attached hydrogens (tertiary/aromatic N) is 2. The van der Waals surface area contributed by atoms with Gasteiger partial charge in [0.15, 0.2) is 0 Å². The zero-order chi connectivity index (χ0) is 24.8. The second-order valence-corrected chi connectivity index (χ2v) is 9.81. The second-order valence-electron chi connectivity index (χ2n) is 9.81. The smallest absolute Gasteiger partial charge is 0.408 e. The number of aliphatic carboxylic acids is 1. The predicted molar refractivity (Wildman–Crippen MR) is 128 cm³/mol. The first-order chi connectivity index (χ1) is 16.9. The Bertz CT molecular complexity index is 919. The third kappa shape index (κ3) is 7.06. The number of likely N-dealkylation sites (tertiary alicyclic amines) is 1. The molecule has 2 fully saturated rings. The number of anilines is 1. The highest BCUT2D eigenvalue weighted by Gasteiger charge is 2.31. The quantitative estimate of drug-likeness (QED) is 0.458. The Kier molecular flexibility index (Phi) is 8.43. The molecule has 2 aliphatic heterocycles. The van der Waals surface area contributed by atoms with Gasteiger partial charge in [0.2, 0.25) is 5.91 Å². The van der Waals surface area contributed by atoms with Crippen LogP contribution in [-0.4, -0.2) is 77.5 Å². The van der Waals surface area contributed by atoms with E-state index < -0.39 is 24.2 Å². The minimum Gasteiger partial charge on any atom is -0.480 e. The largest absolute Gasteiger partial charge is 0.480 e. The summed E-state index contributed by atoms with van der Waals surface area (Å²) >= 11 is 0. The van der Waals surface area contributed by atoms with Gasteiger partial charge in [0.1, 0.15) is 18.0 Å². The zero-order valence-corrected chi connectivity index (χ0v) is 20.3. The van der Waals surface area contributed by atoms with Crippen LogP contribution in [0.3, 0.4) is 0 Å². The number of hydrogen-bond acceptors (Lipinski definition) is 7. The van der Waals surface area contributed by atoms with Gasteiger partial charge >= 0.3 is 12.1 Å². The van der Waals surface area contributed by atoms with Crippen molar-refractivity contribution in [3.63, 3.8) is 0 Å². The first-order valence-corrected chi connectivity index (χ1v) is 12.7. The molecule has 4 rings (SSSR count). The Labute approximate surface area is 205 Å². The minimum absolute atomic E-state index is 0.0668. The van der Waals surface area contributed by atoms with Crippen molar-refractivity contribution in [1.82, 2.24) is 15.2 Å². The van der Waals surface area contributed by atoms with Crippen molar-refractivity contribution in [1.29, 1.82) is 0 Å². The van der Waals surface area contributed by atoms with E-state index in [1.807, 2.05) is 0 Å². The average molecular weight is 489 g/mol. The molecule has 1 aromatic heterocycles. The minimum atomic E-state index is -1.12. The number of pyridine rings is 1. The number of amides is 2. The highest BCUT2D eigenvalue weighted by atomic mass is 16.6. The first-order valence-electron chi connectivity index (χ1n) is 12.7. The lowest BCUT2D eigenvalue weighted by atomic mass is 9.79. The van der Waals surface area contributed by atoms with E-state index in [-0.39, 0.29) is 25.0 Å². The molecule has 1 unspecified atom stereocenters. The molecule has 1 aliphatic carbocycles. The van der Waals surface area contributed by atoms with Crippen LogP contribution in [0.4, 0.5) is 10.6 Å². The fourth-order valence-corrected chi connectivity index (χ4v) is 4.95. The van der Waals surface area contributed by atoms with Crippen molar-refractivity contribution in [3.05, 3.63) is 23.4 Å². The van der Waals surface area contributed by atoms with Gasteiger partial charge in [-0.05, 0) is 56.1 Å². The van der Waals surface area contributed by atoms with Crippen LogP contribution in [0.25, 0.3) is 0 Å². The van der Waals surface area contributed by atoms with Gasteiger partial charge in [0.25, 0.3) is 0 Å². The number of rotatable bonds is 10. The number of carboxylic acid groups (broad SMARTS) is 1. The van der Waals surface area contributed by atoms with Gasteiger partial charge in [0, 0.05) is 45.2 Å². The third-order valence-electron chi connectivity index (χ3n) is 7.17. The molecular weight excluding hydrogens is 452 g/mol. The van der Waals surface area contributed by atoms with Crippen molar-refractivity contribution >= 4 is 23.8 Å². The maximum absolute atomic E-state index is 12.1. The predicted octanol–water partition coefficient (Wildman–Crippen LogP) is 2.36. The van der Waals surface area contributed by atoms with Crippen molar-refractivity contribution in [3.8, 4) is 0 Å². The van der Waals surface area contributed by atoms with E-state index in [0.29, 0.717) is 25.4 Å². The molecule has 0 aromatic carbocycles. The summed E-state index contributed by atoms with van der Waals surface area (Å²) in [5, 5.41) is 15.2. The summed E-state index contributed by atoms with van der Waals surface area (Å²) in [6, 6.07) is 3.25. The van der Waals surface area contributed by atoms with Gasteiger partial charge in [-0.3, -0.25) is 4.79 Å². The Morgan fingerprint density at radius 2 is 2.11 bits per heavy atom. The van der Waals surface area contributed by atoms with Crippen molar-refractivity contribution in [2.24, 2.45) is 5.92 Å². The van der Waals surface area contributed by atoms with E-state index in [2.05, 4.69) is 22.8 Å². The van der Waals surface area contributed by atoms with Crippen LogP contribution in [0, 0.1) is 5.92 Å². The topological polar surface area (TPSA) is 130 Å². The molecule has 35 heavy (non-hydrogen) atoms. The van der Waals surface area contributed by atoms with Gasteiger partial charge in [-0.15, -0.1) is 0 Å². The summed E-state index contributed by atoms with van der Waals surface area (Å²) in [6.45, 7) is 3.59. The number of fused-ring (bicyclic) bond motifs is 1. The van der Waals surface area contributed by atoms with Crippen LogP contribution in [0.15, 0.2) is 12.1 Å². The number of ether oxygens (including phenoxy) is 2. The van der Waals surface area contributed by atoms with Crippen molar-refractivity contribution in [2.75, 3.05) is 31.6 Å². The molecule has 2 atom stereocenters. The number of carbonyl (C=O) groups excluding carboxylic acids is 2. The van der Waals surface area contributed by atoms with E-state index in [0.717, 1.165) is 56.6 Å². The Morgan fingerprint density at radius 3 is 2.86 bits per heavy atom. The van der Waals surface area contributed by atoms with Gasteiger partial charge in [-0.2, -0.15) is 0 Å². The summed E-state index contributed by atoms with van der Waals surface area (Å²) in [5.41, 5.74) is 2.43. The van der Waals surface area contributed by atoms with Crippen LogP contribution in [0.2, 0.25) is 0 Å². The lowest BCUT2D eigenvalue weighted by Crippen LogP contribution is -2.43. The zero-order valence-electron chi connectivity index (χ0n) is 20.3. The van der Waals surface area contributed by atoms with E-state index in [1.165, 1.54) is 12.5 Å². The normalized spacial score (nSPS) is 24.0. The number of aromatic nitrogens is 1. The van der Waals surface area contributed by atoms with Crippen LogP contribution in [-0.2, 0) is 31.9 Å². The maximum atomic E-state index is 12.1. The molecule has 0 radical (unpaired) electrons. The number of nitrogens with one attached hydrogen (secondary N) is 2. The van der Waals surface area contributed by atoms with E-state index in [9.17, 15) is 19.5 Å². The Hall–Kier alpha value is -2.88. The lowest BCUT2D eigenvalue weighted by molar-refractivity contribution is -0.140. The molecule has 1 saturated carbocycles. The molecule has 3 heterocycles. The molecule has 3 N–H and O–H groups in total. The molecular formula is C25H36N4O6. The van der Waals surface area contributed by atoms with Crippen LogP contribution < -0.4 is 10.6 Å². The average Bonchev–Trinajstić information content (AvgIpc) is 3.27. The number of aryl methyl sites for hydroxylation is 2. The lowest BCUT2D eigenvalue weighted by Gasteiger charge is -2.35. The molecule has 192 valence electrons. The summed E-state index contributed by atoms with van der Waals surface area (Å²) in [6.07, 6.45) is 5.86. The van der Waals surface area contributed by atoms with Crippen molar-refractivity contribution in [2.45, 2.75) is 76.5 Å². The van der Waals surface area contributed by atoms with Gasteiger partial charge in [-0.1, -0.05) is 6.07 Å². The molecule has 0 bridgehead atoms. The Morgan fingerprint density at radius 1 is 1.29 bits per heavy atom. The van der Waals surface area contributed by atoms with Gasteiger partial charge in [-0.25, -0.2) is 14.6 Å². The SMILES string of the molecule is CC(=O)N1CC[C@@H](OC(=O)NC(CCOC2CC(CCc3ccc4c(n3)NCCC4)C2)C(=O)O)C1. The summed E-state index contributed by atoms with van der Waals surface area (Å²) in [4.78, 5) is 41.4. The highest BCUT2D eigenvalue weighted by Crippen LogP contribution is 2.34. The Balaban J connectivity index is 1.10. The maximum Gasteiger partial charge on any atom is 0.408 e. The van der Waals surface area contributed by atoms with E-state index >= 15 is 0 Å². The number of carbonyl (C=O) groups is 3. The highest BCUT2D eigenvalue weighted by molar-refractivity contribution is 5.80. The summed E-state index contributed by atoms with van der Waals surface area (Å²) in [7, 11) is 0. The molecule has 0 spiro atoms. The number of alkyl carbamates (subject to hydrolysis) is 1. The van der Waals surface area contributed by atoms with Crippen molar-refractivity contribution < 1.29 is 29.0 Å². The molecule has 3 aliphatic rings. The third-order valence-corrected chi connectivity index (χ3v) is 7.17. The first kappa shape index (κ1) is 25.2. The second kappa shape index (κ2) is 11.7. The van der Waals surface area contributed by atoms with Crippen LogP contribution in [0.1, 0.15) is 56.7 Å². The fraction of sp³-hybridized carbons (Fsp3) is 0.680. The standard InChI is InChI=1S/C25H36N4O6/c1-16(30)29-11-8-20(15-29)35-25(33)28-22(24(31)32)9-12-34-21-13-17(14-21)4-6-19-7-5-18-3-2-10-26-23(18)27-19/h5,7,17,20-22H,2-4,6,8-15H2,1H3,(H,26,27)(H,28,33)(H,31,32)/t17?,20-,21?,22?/m1/s1. The molecule has 10 nitrogen and oxygen atoms in total. The van der Waals surface area contributed by atoms with Gasteiger partial charge in [0.05, 0.1) is 12.6 Å². The fourth-order valence-electron chi connectivity index (χ4n) is 4.95. The summed E-state index contributed by atoms with van der Waals surface area (Å²) < 4.78 is 11.1. The monoisotopic (exact) mass is 488 g/mol. The number of carboxylic acids is 1. The summed E-state index contributed by atoms with van der Waals surface area (Å²) in [5.74, 6) is 0.439. The number of hydrogen-bond donors (Lipinski definition) is 3. The van der Waals surface area contributed by atoms with E-state index in [4.69, 9.17) is 14.5 Å². The molecule has 1 aromatic rings.